The van der Waals surface area contributed by atoms with Gasteiger partial charge in [-0.25, -0.2) is 0 Å². The van der Waals surface area contributed by atoms with Crippen LogP contribution in [0.2, 0.25) is 0 Å². The molecule has 0 bridgehead atoms. The van der Waals surface area contributed by atoms with Crippen molar-refractivity contribution in [1.29, 1.82) is 0 Å². The second-order valence-corrected chi connectivity index (χ2v) is 28.4. The van der Waals surface area contributed by atoms with Crippen LogP contribution in [-0.2, 0) is 46.8 Å². The first kappa shape index (κ1) is 51.2. The van der Waals surface area contributed by atoms with Crippen LogP contribution in [0.5, 0.6) is 0 Å². The molecule has 65 heavy (non-hydrogen) atoms. The standard InChI is InChI=1S/C62H95GeOSi/c1-17-55(18-2)40-59(25-9,26-10)49-45(55)38-46-50(60(27-11,28-12)41-56(46,19-3)20-4)53(49)63(64-65-44-36-34-33-35-37-44)54-51-47(57(21-5,22-6)42-61(51,29-13)30-14)39-48-52(54)62(31-15,32-16)43-58(48,23-7)24-8/h33-39H,17-32,40-43H2,1-16H3. The number of hydrogen-bond donors (Lipinski definition) is 0. The molecule has 0 saturated carbocycles. The maximum absolute atomic E-state index is 8.57. The van der Waals surface area contributed by atoms with Gasteiger partial charge in [-0.3, -0.25) is 0 Å². The van der Waals surface area contributed by atoms with Crippen LogP contribution >= 0.6 is 0 Å². The molecule has 3 aromatic carbocycles. The Labute approximate surface area is 409 Å². The van der Waals surface area contributed by atoms with E-state index in [1.807, 2.05) is 31.0 Å². The van der Waals surface area contributed by atoms with Crippen molar-refractivity contribution in [2.24, 2.45) is 0 Å². The first-order valence-electron chi connectivity index (χ1n) is 28.0. The summed E-state index contributed by atoms with van der Waals surface area (Å²) in [5.41, 5.74) is 15.8. The number of fused-ring (bicyclic) bond motifs is 4. The molecule has 0 N–H and O–H groups in total. The molecule has 0 spiro atoms. The van der Waals surface area contributed by atoms with E-state index in [2.05, 4.69) is 153 Å². The van der Waals surface area contributed by atoms with Crippen LogP contribution < -0.4 is 14.0 Å². The maximum atomic E-state index is 8.57. The van der Waals surface area contributed by atoms with Gasteiger partial charge in [0, 0.05) is 0 Å². The summed E-state index contributed by atoms with van der Waals surface area (Å²) >= 11 is -3.03. The quantitative estimate of drug-likeness (QED) is 0.0967. The van der Waals surface area contributed by atoms with Gasteiger partial charge < -0.3 is 0 Å². The van der Waals surface area contributed by atoms with Crippen molar-refractivity contribution >= 4 is 38.4 Å². The van der Waals surface area contributed by atoms with Crippen LogP contribution in [0.25, 0.3) is 0 Å². The number of benzene rings is 3. The minimum atomic E-state index is -3.03. The zero-order chi connectivity index (χ0) is 47.4. The number of hydrogen-bond acceptors (Lipinski definition) is 1. The second-order valence-electron chi connectivity index (χ2n) is 22.7. The summed E-state index contributed by atoms with van der Waals surface area (Å²) in [6, 6.07) is 17.4. The third-order valence-electron chi connectivity index (χ3n) is 22.1. The fourth-order valence-electron chi connectivity index (χ4n) is 16.8. The summed E-state index contributed by atoms with van der Waals surface area (Å²) in [4.78, 5) is 0. The predicted molar refractivity (Wildman–Crippen MR) is 287 cm³/mol. The third kappa shape index (κ3) is 7.07. The molecule has 0 amide bonds. The molecule has 0 atom stereocenters. The molecule has 4 aliphatic rings. The Kier molecular flexibility index (Phi) is 14.9. The van der Waals surface area contributed by atoms with Gasteiger partial charge in [0.25, 0.3) is 0 Å². The average Bonchev–Trinajstić information content (AvgIpc) is 4.04. The summed E-state index contributed by atoms with van der Waals surface area (Å²) in [6.07, 6.45) is 24.7. The van der Waals surface area contributed by atoms with Crippen LogP contribution in [0, 0.1) is 0 Å². The molecule has 3 aromatic rings. The van der Waals surface area contributed by atoms with Crippen molar-refractivity contribution < 1.29 is 3.45 Å². The third-order valence-corrected chi connectivity index (χ3v) is 28.9. The van der Waals surface area contributed by atoms with Gasteiger partial charge in [-0.2, -0.15) is 0 Å². The summed E-state index contributed by atoms with van der Waals surface area (Å²) in [7, 11) is 0.349. The summed E-state index contributed by atoms with van der Waals surface area (Å²) in [5, 5.41) is 1.37. The van der Waals surface area contributed by atoms with E-state index in [0.29, 0.717) is 9.76 Å². The number of rotatable bonds is 21. The molecule has 0 unspecified atom stereocenters. The van der Waals surface area contributed by atoms with E-state index in [0.717, 1.165) is 0 Å². The molecule has 7 rings (SSSR count). The molecule has 0 fully saturated rings. The molecular weight excluding hydrogens is 861 g/mol. The van der Waals surface area contributed by atoms with Crippen molar-refractivity contribution in [1.82, 2.24) is 0 Å². The fourth-order valence-corrected chi connectivity index (χ4v) is 26.0. The van der Waals surface area contributed by atoms with Crippen molar-refractivity contribution in [3.05, 3.63) is 87.0 Å². The van der Waals surface area contributed by atoms with E-state index < -0.39 is 14.7 Å². The molecule has 0 aliphatic heterocycles. The SMILES string of the molecule is CCC1(CC)CC(CC)(CC)c2c1cc1c([c]2[Ge]([O][Si]c2ccccc2)[c]2c3c(cc4c2C(CC)(CC)CC4(CC)CC)C(CC)(CC)CC3(CC)CC)C(CC)(CC)CC1(CC)CC. The van der Waals surface area contributed by atoms with Gasteiger partial charge in [0.05, 0.1) is 0 Å². The first-order valence-corrected chi connectivity index (χ1v) is 31.9. The van der Waals surface area contributed by atoms with E-state index >= 15 is 0 Å². The molecule has 0 saturated heterocycles. The average molecular weight is 957 g/mol. The Hall–Kier alpha value is -1.62. The van der Waals surface area contributed by atoms with Crippen LogP contribution in [0.1, 0.15) is 284 Å². The second kappa shape index (κ2) is 18.9. The molecule has 0 heterocycles. The Morgan fingerprint density at radius 1 is 0.354 bits per heavy atom. The topological polar surface area (TPSA) is 9.23 Å². The van der Waals surface area contributed by atoms with Crippen molar-refractivity contribution in [3.63, 3.8) is 0 Å². The summed E-state index contributed by atoms with van der Waals surface area (Å²) in [6.45, 7) is 41.1. The predicted octanol–water partition coefficient (Wildman–Crippen LogP) is 15.8. The van der Waals surface area contributed by atoms with Crippen LogP contribution in [0.3, 0.4) is 0 Å². The minimum absolute atomic E-state index is 0.146. The van der Waals surface area contributed by atoms with Gasteiger partial charge in [-0.15, -0.1) is 0 Å². The first-order chi connectivity index (χ1) is 31.2. The monoisotopic (exact) mass is 958 g/mol. The zero-order valence-corrected chi connectivity index (χ0v) is 48.2. The Morgan fingerprint density at radius 2 is 0.585 bits per heavy atom. The van der Waals surface area contributed by atoms with E-state index in [9.17, 15) is 0 Å². The van der Waals surface area contributed by atoms with Crippen molar-refractivity contribution in [2.75, 3.05) is 0 Å². The molecule has 3 radical (unpaired) electrons. The molecule has 1 nitrogen and oxygen atoms in total. The van der Waals surface area contributed by atoms with Crippen molar-refractivity contribution in [2.45, 2.75) is 283 Å². The van der Waals surface area contributed by atoms with Gasteiger partial charge in [0.1, 0.15) is 0 Å². The van der Waals surface area contributed by atoms with Gasteiger partial charge in [-0.05, 0) is 0 Å². The molecule has 357 valence electrons. The van der Waals surface area contributed by atoms with Gasteiger partial charge in [0.2, 0.25) is 0 Å². The van der Waals surface area contributed by atoms with Gasteiger partial charge in [-0.1, -0.05) is 0 Å². The Morgan fingerprint density at radius 3 is 0.800 bits per heavy atom. The molecular formula is C62H95GeOSi. The van der Waals surface area contributed by atoms with Crippen LogP contribution in [0.4, 0.5) is 0 Å². The van der Waals surface area contributed by atoms with E-state index in [1.54, 1.807) is 22.3 Å². The fraction of sp³-hybridized carbons (Fsp3) is 0.710. The summed E-state index contributed by atoms with van der Waals surface area (Å²) in [5.74, 6) is 0. The van der Waals surface area contributed by atoms with E-state index in [4.69, 9.17) is 3.45 Å². The van der Waals surface area contributed by atoms with Crippen LogP contribution in [0.15, 0.2) is 42.5 Å². The zero-order valence-electron chi connectivity index (χ0n) is 45.1. The van der Waals surface area contributed by atoms with E-state index in [1.165, 1.54) is 134 Å². The van der Waals surface area contributed by atoms with Gasteiger partial charge in [0.15, 0.2) is 0 Å². The van der Waals surface area contributed by atoms with Crippen LogP contribution in [-0.4, -0.2) is 24.4 Å². The van der Waals surface area contributed by atoms with Gasteiger partial charge >= 0.3 is 411 Å². The van der Waals surface area contributed by atoms with E-state index in [-0.39, 0.29) is 43.3 Å². The molecule has 3 heteroatoms. The van der Waals surface area contributed by atoms with Crippen molar-refractivity contribution in [3.8, 4) is 0 Å². The Bertz CT molecular complexity index is 1880. The molecule has 4 aliphatic carbocycles. The Balaban J connectivity index is 1.84. The molecule has 0 aromatic heterocycles. The normalized spacial score (nSPS) is 21.7. The summed E-state index contributed by atoms with van der Waals surface area (Å²) < 4.78 is 12.3.